The SMILES string of the molecule is CCNC(=O)Nc1ccc(C2OC(CSc3nc4ccccc4s3)C(C)C(c3ccc(CO)cc3)O2)cc1. The molecule has 5 rings (SSSR count). The summed E-state index contributed by atoms with van der Waals surface area (Å²) in [6.45, 7) is 4.60. The molecule has 3 aromatic carbocycles. The lowest BCUT2D eigenvalue weighted by molar-refractivity contribution is -0.268. The predicted octanol–water partition coefficient (Wildman–Crippen LogP) is 6.51. The molecule has 1 aliphatic rings. The molecule has 1 aliphatic heterocycles. The van der Waals surface area contributed by atoms with Gasteiger partial charge in [-0.2, -0.15) is 0 Å². The third-order valence-corrected chi connectivity index (χ3v) is 8.81. The first kappa shape index (κ1) is 26.6. The van der Waals surface area contributed by atoms with Crippen molar-refractivity contribution in [3.05, 3.63) is 89.5 Å². The van der Waals surface area contributed by atoms with Crippen LogP contribution in [0.15, 0.2) is 77.1 Å². The fraction of sp³-hybridized carbons (Fsp3) is 0.310. The van der Waals surface area contributed by atoms with E-state index in [1.165, 1.54) is 4.70 Å². The topological polar surface area (TPSA) is 92.7 Å². The number of aromatic nitrogens is 1. The fourth-order valence-electron chi connectivity index (χ4n) is 4.44. The first-order chi connectivity index (χ1) is 18.5. The highest BCUT2D eigenvalue weighted by Gasteiger charge is 2.38. The zero-order valence-corrected chi connectivity index (χ0v) is 22.9. The number of carbonyl (C=O) groups is 1. The van der Waals surface area contributed by atoms with E-state index >= 15 is 0 Å². The van der Waals surface area contributed by atoms with E-state index in [2.05, 4.69) is 23.6 Å². The summed E-state index contributed by atoms with van der Waals surface area (Å²) in [7, 11) is 0. The van der Waals surface area contributed by atoms with Crippen LogP contribution in [0.1, 0.15) is 42.9 Å². The molecule has 198 valence electrons. The molecule has 2 amide bonds. The highest BCUT2D eigenvalue weighted by atomic mass is 32.2. The highest BCUT2D eigenvalue weighted by Crippen LogP contribution is 2.43. The number of thioether (sulfide) groups is 1. The molecule has 4 aromatic rings. The zero-order chi connectivity index (χ0) is 26.5. The molecule has 4 atom stereocenters. The van der Waals surface area contributed by atoms with Crippen LogP contribution < -0.4 is 10.6 Å². The lowest BCUT2D eigenvalue weighted by Crippen LogP contribution is -2.38. The van der Waals surface area contributed by atoms with Gasteiger partial charge in [-0.25, -0.2) is 9.78 Å². The van der Waals surface area contributed by atoms with Gasteiger partial charge >= 0.3 is 6.03 Å². The van der Waals surface area contributed by atoms with Crippen LogP contribution in [0.5, 0.6) is 0 Å². The number of fused-ring (bicyclic) bond motifs is 1. The fourth-order valence-corrected chi connectivity index (χ4v) is 6.69. The van der Waals surface area contributed by atoms with Crippen LogP contribution in [0.3, 0.4) is 0 Å². The number of urea groups is 1. The van der Waals surface area contributed by atoms with Gasteiger partial charge in [0.25, 0.3) is 0 Å². The maximum absolute atomic E-state index is 11.9. The molecule has 0 saturated carbocycles. The van der Waals surface area contributed by atoms with E-state index in [9.17, 15) is 9.90 Å². The number of hydrogen-bond acceptors (Lipinski definition) is 7. The summed E-state index contributed by atoms with van der Waals surface area (Å²) < 4.78 is 15.3. The number of para-hydroxylation sites is 1. The van der Waals surface area contributed by atoms with E-state index in [4.69, 9.17) is 14.5 Å². The summed E-state index contributed by atoms with van der Waals surface area (Å²) in [6, 6.07) is 23.4. The van der Waals surface area contributed by atoms with Crippen molar-refractivity contribution in [1.82, 2.24) is 10.3 Å². The summed E-state index contributed by atoms with van der Waals surface area (Å²) in [5.74, 6) is 0.829. The molecule has 1 aromatic heterocycles. The molecule has 38 heavy (non-hydrogen) atoms. The van der Waals surface area contributed by atoms with Gasteiger partial charge in [-0.15, -0.1) is 11.3 Å². The van der Waals surface area contributed by atoms with E-state index < -0.39 is 6.29 Å². The van der Waals surface area contributed by atoms with Crippen molar-refractivity contribution in [3.8, 4) is 0 Å². The van der Waals surface area contributed by atoms with Crippen LogP contribution in [-0.4, -0.2) is 34.5 Å². The molecule has 9 heteroatoms. The molecule has 0 bridgehead atoms. The maximum atomic E-state index is 11.9. The number of aliphatic hydroxyl groups excluding tert-OH is 1. The minimum atomic E-state index is -0.562. The molecule has 1 saturated heterocycles. The number of carbonyl (C=O) groups excluding carboxylic acids is 1. The summed E-state index contributed by atoms with van der Waals surface area (Å²) in [4.78, 5) is 16.6. The highest BCUT2D eigenvalue weighted by molar-refractivity contribution is 8.01. The van der Waals surface area contributed by atoms with Gasteiger partial charge in [0.05, 0.1) is 29.0 Å². The number of aliphatic hydroxyl groups is 1. The van der Waals surface area contributed by atoms with Gasteiger partial charge in [-0.05, 0) is 42.3 Å². The van der Waals surface area contributed by atoms with E-state index in [1.54, 1.807) is 23.1 Å². The van der Waals surface area contributed by atoms with E-state index in [0.29, 0.717) is 12.2 Å². The number of nitrogens with one attached hydrogen (secondary N) is 2. The molecule has 0 aliphatic carbocycles. The van der Waals surface area contributed by atoms with E-state index in [1.807, 2.05) is 73.7 Å². The van der Waals surface area contributed by atoms with Crippen molar-refractivity contribution < 1.29 is 19.4 Å². The Morgan fingerprint density at radius 3 is 2.47 bits per heavy atom. The third kappa shape index (κ3) is 6.19. The summed E-state index contributed by atoms with van der Waals surface area (Å²) in [5.41, 5.74) is 4.51. The average Bonchev–Trinajstić information content (AvgIpc) is 3.36. The van der Waals surface area contributed by atoms with Crippen molar-refractivity contribution in [2.75, 3.05) is 17.6 Å². The molecule has 4 unspecified atom stereocenters. The first-order valence-electron chi connectivity index (χ1n) is 12.7. The quantitative estimate of drug-likeness (QED) is 0.217. The standard InChI is InChI=1S/C29H31N3O4S2/c1-3-30-28(34)31-22-14-12-21(13-15-22)27-35-24(17-37-29-32-23-6-4-5-7-25(23)38-29)18(2)26(36-27)20-10-8-19(16-33)9-11-20/h4-15,18,24,26-27,33H,3,16-17H2,1-2H3,(H2,30,31,34). The number of anilines is 1. The van der Waals surface area contributed by atoms with E-state index in [0.717, 1.165) is 32.3 Å². The normalized spacial score (nSPS) is 21.3. The number of benzene rings is 3. The van der Waals surface area contributed by atoms with Crippen molar-refractivity contribution in [1.29, 1.82) is 0 Å². The lowest BCUT2D eigenvalue weighted by Gasteiger charge is -2.41. The smallest absolute Gasteiger partial charge is 0.319 e. The Balaban J connectivity index is 1.36. The molecule has 1 fully saturated rings. The van der Waals surface area contributed by atoms with Crippen LogP contribution in [0.25, 0.3) is 10.2 Å². The number of hydrogen-bond donors (Lipinski definition) is 3. The second-order valence-corrected chi connectivity index (χ2v) is 11.5. The first-order valence-corrected chi connectivity index (χ1v) is 14.5. The van der Waals surface area contributed by atoms with Gasteiger partial charge in [-0.3, -0.25) is 0 Å². The number of ether oxygens (including phenoxy) is 2. The Labute approximate surface area is 230 Å². The van der Waals surface area contributed by atoms with Gasteiger partial charge in [-0.1, -0.05) is 67.2 Å². The van der Waals surface area contributed by atoms with Crippen LogP contribution >= 0.6 is 23.1 Å². The number of thiazole rings is 1. The zero-order valence-electron chi connectivity index (χ0n) is 21.3. The summed E-state index contributed by atoms with van der Waals surface area (Å²) in [5, 5.41) is 15.0. The minimum Gasteiger partial charge on any atom is -0.392 e. The molecule has 0 radical (unpaired) electrons. The molecule has 3 N–H and O–H groups in total. The third-order valence-electron chi connectivity index (χ3n) is 6.55. The maximum Gasteiger partial charge on any atom is 0.319 e. The Kier molecular flexibility index (Phi) is 8.61. The predicted molar refractivity (Wildman–Crippen MR) is 152 cm³/mol. The molecule has 2 heterocycles. The largest absolute Gasteiger partial charge is 0.392 e. The van der Waals surface area contributed by atoms with Crippen molar-refractivity contribution >= 4 is 45.0 Å². The van der Waals surface area contributed by atoms with Crippen molar-refractivity contribution in [2.45, 2.75) is 43.3 Å². The Morgan fingerprint density at radius 1 is 1.03 bits per heavy atom. The van der Waals surface area contributed by atoms with Gasteiger partial charge in [0.2, 0.25) is 0 Å². The van der Waals surface area contributed by atoms with E-state index in [-0.39, 0.29) is 30.8 Å². The van der Waals surface area contributed by atoms with Gasteiger partial charge < -0.3 is 25.2 Å². The number of nitrogens with zero attached hydrogens (tertiary/aromatic N) is 1. The number of rotatable bonds is 8. The molecule has 7 nitrogen and oxygen atoms in total. The average molecular weight is 550 g/mol. The summed E-state index contributed by atoms with van der Waals surface area (Å²) >= 11 is 3.41. The van der Waals surface area contributed by atoms with Crippen LogP contribution in [0.2, 0.25) is 0 Å². The van der Waals surface area contributed by atoms with Crippen molar-refractivity contribution in [2.24, 2.45) is 5.92 Å². The second-order valence-electron chi connectivity index (χ2n) is 9.19. The molecular formula is C29H31N3O4S2. The monoisotopic (exact) mass is 549 g/mol. The van der Waals surface area contributed by atoms with Gasteiger partial charge in [0, 0.05) is 29.5 Å². The molecular weight excluding hydrogens is 518 g/mol. The second kappa shape index (κ2) is 12.3. The Hall–Kier alpha value is -2.95. The minimum absolute atomic E-state index is 0.00515. The Morgan fingerprint density at radius 2 is 1.76 bits per heavy atom. The van der Waals surface area contributed by atoms with Gasteiger partial charge in [0.1, 0.15) is 0 Å². The molecule has 0 spiro atoms. The van der Waals surface area contributed by atoms with Gasteiger partial charge in [0.15, 0.2) is 10.6 Å². The van der Waals surface area contributed by atoms with Crippen LogP contribution in [-0.2, 0) is 16.1 Å². The number of amides is 2. The Bertz CT molecular complexity index is 1330. The lowest BCUT2D eigenvalue weighted by atomic mass is 9.91. The van der Waals surface area contributed by atoms with Crippen LogP contribution in [0, 0.1) is 5.92 Å². The van der Waals surface area contributed by atoms with Crippen molar-refractivity contribution in [3.63, 3.8) is 0 Å². The van der Waals surface area contributed by atoms with Crippen LogP contribution in [0.4, 0.5) is 10.5 Å². The summed E-state index contributed by atoms with van der Waals surface area (Å²) in [6.07, 6.45) is -0.829.